The summed E-state index contributed by atoms with van der Waals surface area (Å²) >= 11 is 0. The number of rotatable bonds is 11. The fourth-order valence-electron chi connectivity index (χ4n) is 3.42. The van der Waals surface area contributed by atoms with Crippen LogP contribution in [-0.2, 0) is 22.6 Å². The normalized spacial score (nSPS) is 11.5. The number of nitrogens with one attached hydrogen (secondary N) is 1. The number of ether oxygens (including phenoxy) is 2. The van der Waals surface area contributed by atoms with Gasteiger partial charge in [0.15, 0.2) is 11.5 Å². The molecular weight excluding hydrogens is 392 g/mol. The summed E-state index contributed by atoms with van der Waals surface area (Å²) in [5.41, 5.74) is 3.11. The molecule has 0 aliphatic rings. The Morgan fingerprint density at radius 2 is 1.77 bits per heavy atom. The number of hydrogen-bond donors (Lipinski definition) is 1. The van der Waals surface area contributed by atoms with E-state index in [2.05, 4.69) is 5.32 Å². The van der Waals surface area contributed by atoms with Gasteiger partial charge in [0.05, 0.1) is 14.2 Å². The van der Waals surface area contributed by atoms with Gasteiger partial charge in [0.2, 0.25) is 11.8 Å². The molecule has 2 aromatic rings. The van der Waals surface area contributed by atoms with Gasteiger partial charge in [0.1, 0.15) is 6.04 Å². The highest BCUT2D eigenvalue weighted by Gasteiger charge is 2.25. The number of benzene rings is 2. The highest BCUT2D eigenvalue weighted by atomic mass is 16.5. The van der Waals surface area contributed by atoms with Gasteiger partial charge in [-0.1, -0.05) is 42.8 Å². The highest BCUT2D eigenvalue weighted by Crippen LogP contribution is 2.28. The van der Waals surface area contributed by atoms with Crippen molar-refractivity contribution in [3.8, 4) is 11.5 Å². The molecule has 0 aliphatic heterocycles. The molecule has 0 saturated heterocycles. The van der Waals surface area contributed by atoms with Crippen LogP contribution >= 0.6 is 0 Å². The van der Waals surface area contributed by atoms with Crippen molar-refractivity contribution >= 4 is 11.8 Å². The van der Waals surface area contributed by atoms with Gasteiger partial charge in [-0.3, -0.25) is 9.59 Å². The standard InChI is InChI=1S/C25H34N2O4/c1-6-14-26-25(29)19(3)27(17-21-9-7-8-18(2)15-21)24(28)13-11-20-10-12-22(30-4)23(16-20)31-5/h7-10,12,15-16,19H,6,11,13-14,17H2,1-5H3,(H,26,29)/t19-/m1/s1. The lowest BCUT2D eigenvalue weighted by Crippen LogP contribution is -2.47. The predicted octanol–water partition coefficient (Wildman–Crippen LogP) is 3.89. The molecule has 0 aliphatic carbocycles. The average molecular weight is 427 g/mol. The van der Waals surface area contributed by atoms with Crippen molar-refractivity contribution in [1.82, 2.24) is 10.2 Å². The van der Waals surface area contributed by atoms with Gasteiger partial charge < -0.3 is 19.7 Å². The summed E-state index contributed by atoms with van der Waals surface area (Å²) in [5, 5.41) is 2.90. The van der Waals surface area contributed by atoms with Crippen molar-refractivity contribution in [3.63, 3.8) is 0 Å². The van der Waals surface area contributed by atoms with Crippen LogP contribution in [0, 0.1) is 6.92 Å². The summed E-state index contributed by atoms with van der Waals surface area (Å²) in [6, 6.07) is 13.1. The molecule has 0 bridgehead atoms. The molecular formula is C25H34N2O4. The van der Waals surface area contributed by atoms with Crippen LogP contribution in [0.15, 0.2) is 42.5 Å². The number of methoxy groups -OCH3 is 2. The molecule has 6 nitrogen and oxygen atoms in total. The molecule has 6 heteroatoms. The van der Waals surface area contributed by atoms with Crippen LogP contribution in [0.5, 0.6) is 11.5 Å². The van der Waals surface area contributed by atoms with E-state index in [9.17, 15) is 9.59 Å². The van der Waals surface area contributed by atoms with Crippen molar-refractivity contribution in [3.05, 3.63) is 59.2 Å². The van der Waals surface area contributed by atoms with Gasteiger partial charge >= 0.3 is 0 Å². The molecule has 0 spiro atoms. The molecule has 1 atom stereocenters. The number of nitrogens with zero attached hydrogens (tertiary/aromatic N) is 1. The molecule has 31 heavy (non-hydrogen) atoms. The topological polar surface area (TPSA) is 67.9 Å². The first-order chi connectivity index (χ1) is 14.9. The van der Waals surface area contributed by atoms with Crippen LogP contribution in [0.3, 0.4) is 0 Å². The Kier molecular flexibility index (Phi) is 9.38. The van der Waals surface area contributed by atoms with Crippen molar-refractivity contribution < 1.29 is 19.1 Å². The Labute approximate surface area is 185 Å². The SMILES string of the molecule is CCCNC(=O)[C@@H](C)N(Cc1cccc(C)c1)C(=O)CCc1ccc(OC)c(OC)c1. The summed E-state index contributed by atoms with van der Waals surface area (Å²) in [6.45, 7) is 6.80. The van der Waals surface area contributed by atoms with Crippen LogP contribution in [0.4, 0.5) is 0 Å². The van der Waals surface area contributed by atoms with Gasteiger partial charge in [0, 0.05) is 19.5 Å². The third-order valence-electron chi connectivity index (χ3n) is 5.23. The zero-order valence-electron chi connectivity index (χ0n) is 19.2. The summed E-state index contributed by atoms with van der Waals surface area (Å²) in [4.78, 5) is 27.5. The predicted molar refractivity (Wildman–Crippen MR) is 122 cm³/mol. The van der Waals surface area contributed by atoms with E-state index in [0.29, 0.717) is 37.4 Å². The molecule has 1 N–H and O–H groups in total. The van der Waals surface area contributed by atoms with E-state index >= 15 is 0 Å². The van der Waals surface area contributed by atoms with Gasteiger partial charge in [-0.2, -0.15) is 0 Å². The largest absolute Gasteiger partial charge is 0.493 e. The Bertz CT molecular complexity index is 882. The molecule has 168 valence electrons. The van der Waals surface area contributed by atoms with Gasteiger partial charge in [0.25, 0.3) is 0 Å². The van der Waals surface area contributed by atoms with Crippen LogP contribution in [0.1, 0.15) is 43.4 Å². The smallest absolute Gasteiger partial charge is 0.242 e. The zero-order valence-corrected chi connectivity index (χ0v) is 19.2. The molecule has 2 rings (SSSR count). The van der Waals surface area contributed by atoms with Crippen molar-refractivity contribution in [2.45, 2.75) is 52.6 Å². The lowest BCUT2D eigenvalue weighted by molar-refractivity contribution is -0.140. The summed E-state index contributed by atoms with van der Waals surface area (Å²) in [7, 11) is 3.18. The molecule has 0 radical (unpaired) electrons. The number of carbonyl (C=O) groups excluding carboxylic acids is 2. The molecule has 0 fully saturated rings. The third kappa shape index (κ3) is 7.02. The molecule has 2 amide bonds. The van der Waals surface area contributed by atoms with E-state index in [0.717, 1.165) is 23.1 Å². The second-order valence-electron chi connectivity index (χ2n) is 7.67. The summed E-state index contributed by atoms with van der Waals surface area (Å²) < 4.78 is 10.6. The van der Waals surface area contributed by atoms with Gasteiger partial charge in [-0.05, 0) is 49.9 Å². The summed E-state index contributed by atoms with van der Waals surface area (Å²) in [5.74, 6) is 1.10. The van der Waals surface area contributed by atoms with Crippen molar-refractivity contribution in [2.75, 3.05) is 20.8 Å². The van der Waals surface area contributed by atoms with Gasteiger partial charge in [-0.25, -0.2) is 0 Å². The maximum absolute atomic E-state index is 13.2. The van der Waals surface area contributed by atoms with E-state index in [1.54, 1.807) is 26.0 Å². The van der Waals surface area contributed by atoms with Crippen LogP contribution in [-0.4, -0.2) is 43.5 Å². The Balaban J connectivity index is 2.15. The molecule has 0 unspecified atom stereocenters. The zero-order chi connectivity index (χ0) is 22.8. The lowest BCUT2D eigenvalue weighted by Gasteiger charge is -2.29. The maximum Gasteiger partial charge on any atom is 0.242 e. The quantitative estimate of drug-likeness (QED) is 0.592. The van der Waals surface area contributed by atoms with Crippen LogP contribution in [0.25, 0.3) is 0 Å². The molecule has 2 aromatic carbocycles. The third-order valence-corrected chi connectivity index (χ3v) is 5.23. The van der Waals surface area contributed by atoms with Gasteiger partial charge in [-0.15, -0.1) is 0 Å². The second kappa shape index (κ2) is 12.0. The minimum Gasteiger partial charge on any atom is -0.493 e. The number of aryl methyl sites for hydroxylation is 2. The van der Waals surface area contributed by atoms with E-state index in [-0.39, 0.29) is 11.8 Å². The fourth-order valence-corrected chi connectivity index (χ4v) is 3.42. The van der Waals surface area contributed by atoms with Crippen LogP contribution < -0.4 is 14.8 Å². The Morgan fingerprint density at radius 3 is 2.42 bits per heavy atom. The van der Waals surface area contributed by atoms with Crippen molar-refractivity contribution in [1.29, 1.82) is 0 Å². The van der Waals surface area contributed by atoms with Crippen molar-refractivity contribution in [2.24, 2.45) is 0 Å². The lowest BCUT2D eigenvalue weighted by atomic mass is 10.1. The number of hydrogen-bond acceptors (Lipinski definition) is 4. The monoisotopic (exact) mass is 426 g/mol. The fraction of sp³-hybridized carbons (Fsp3) is 0.440. The van der Waals surface area contributed by atoms with E-state index in [4.69, 9.17) is 9.47 Å². The maximum atomic E-state index is 13.2. The number of amides is 2. The first-order valence-electron chi connectivity index (χ1n) is 10.7. The molecule has 0 heterocycles. The molecule has 0 saturated carbocycles. The number of carbonyl (C=O) groups is 2. The Hall–Kier alpha value is -3.02. The minimum absolute atomic E-state index is 0.0598. The molecule has 0 aromatic heterocycles. The second-order valence-corrected chi connectivity index (χ2v) is 7.67. The first kappa shape index (κ1) is 24.3. The van der Waals surface area contributed by atoms with E-state index in [1.165, 1.54) is 0 Å². The first-order valence-corrected chi connectivity index (χ1v) is 10.7. The van der Waals surface area contributed by atoms with Crippen LogP contribution in [0.2, 0.25) is 0 Å². The minimum atomic E-state index is -0.551. The van der Waals surface area contributed by atoms with E-state index < -0.39 is 6.04 Å². The average Bonchev–Trinajstić information content (AvgIpc) is 2.78. The van der Waals surface area contributed by atoms with E-state index in [1.807, 2.05) is 56.3 Å². The highest BCUT2D eigenvalue weighted by molar-refractivity contribution is 5.87. The summed E-state index contributed by atoms with van der Waals surface area (Å²) in [6.07, 6.45) is 1.70. The Morgan fingerprint density at radius 1 is 1.03 bits per heavy atom.